The van der Waals surface area contributed by atoms with Gasteiger partial charge < -0.3 is 15.1 Å². The van der Waals surface area contributed by atoms with Crippen molar-refractivity contribution in [3.8, 4) is 0 Å². The molecule has 2 aromatic rings. The Balaban J connectivity index is 1.68. The summed E-state index contributed by atoms with van der Waals surface area (Å²) in [7, 11) is 3.86. The quantitative estimate of drug-likeness (QED) is 0.684. The van der Waals surface area contributed by atoms with Crippen LogP contribution in [0.5, 0.6) is 0 Å². The lowest BCUT2D eigenvalue weighted by Gasteiger charge is -2.37. The Bertz CT molecular complexity index is 895. The summed E-state index contributed by atoms with van der Waals surface area (Å²) in [5.74, 6) is -0.238. The molecule has 1 aliphatic heterocycles. The third-order valence-corrected chi connectivity index (χ3v) is 5.51. The summed E-state index contributed by atoms with van der Waals surface area (Å²) >= 11 is 6.19. The molecule has 0 saturated carbocycles. The molecule has 0 atom stereocenters. The Labute approximate surface area is 185 Å². The summed E-state index contributed by atoms with van der Waals surface area (Å²) in [4.78, 5) is 18.6. The first-order valence-corrected chi connectivity index (χ1v) is 10.4. The van der Waals surface area contributed by atoms with Crippen LogP contribution in [-0.2, 0) is 0 Å². The summed E-state index contributed by atoms with van der Waals surface area (Å²) in [6.45, 7) is 2.14. The van der Waals surface area contributed by atoms with Gasteiger partial charge in [0.25, 0.3) is 5.91 Å². The molecule has 0 aromatic heterocycles. The maximum atomic E-state index is 12.8. The van der Waals surface area contributed by atoms with Gasteiger partial charge in [0, 0.05) is 63.1 Å². The number of anilines is 3. The predicted octanol–water partition coefficient (Wildman–Crippen LogP) is 4.73. The molecule has 0 unspecified atom stereocenters. The first-order valence-electron chi connectivity index (χ1n) is 10.0. The van der Waals surface area contributed by atoms with Crippen molar-refractivity contribution in [3.63, 3.8) is 0 Å². The predicted molar refractivity (Wildman–Crippen MR) is 119 cm³/mol. The van der Waals surface area contributed by atoms with E-state index in [2.05, 4.69) is 5.32 Å². The van der Waals surface area contributed by atoms with Crippen LogP contribution < -0.4 is 15.1 Å². The number of alkyl halides is 3. The molecule has 31 heavy (non-hydrogen) atoms. The van der Waals surface area contributed by atoms with Gasteiger partial charge in [-0.15, -0.1) is 0 Å². The minimum Gasteiger partial charge on any atom is -0.378 e. The summed E-state index contributed by atoms with van der Waals surface area (Å²) in [5, 5.41) is 3.47. The summed E-state index contributed by atoms with van der Waals surface area (Å²) < 4.78 is 37.4. The second-order valence-electron chi connectivity index (χ2n) is 7.75. The molecule has 5 nitrogen and oxygen atoms in total. The van der Waals surface area contributed by atoms with Crippen molar-refractivity contribution >= 4 is 34.6 Å². The van der Waals surface area contributed by atoms with E-state index in [1.807, 2.05) is 36.0 Å². The van der Waals surface area contributed by atoms with E-state index >= 15 is 0 Å². The highest BCUT2D eigenvalue weighted by Crippen LogP contribution is 2.31. The number of nitrogens with zero attached hydrogens (tertiary/aromatic N) is 3. The molecule has 1 heterocycles. The van der Waals surface area contributed by atoms with Crippen LogP contribution in [0.2, 0.25) is 5.02 Å². The molecule has 0 aliphatic carbocycles. The number of piperazine rings is 1. The lowest BCUT2D eigenvalue weighted by atomic mass is 10.1. The van der Waals surface area contributed by atoms with Gasteiger partial charge in [-0.05, 0) is 42.5 Å². The van der Waals surface area contributed by atoms with Gasteiger partial charge in [0.2, 0.25) is 0 Å². The van der Waals surface area contributed by atoms with Crippen LogP contribution in [0.1, 0.15) is 16.8 Å². The van der Waals surface area contributed by atoms with Gasteiger partial charge in [0.15, 0.2) is 0 Å². The number of nitrogens with one attached hydrogen (secondary N) is 1. The molecule has 1 N–H and O–H groups in total. The Morgan fingerprint density at radius 1 is 1.06 bits per heavy atom. The van der Waals surface area contributed by atoms with Crippen LogP contribution in [0.4, 0.5) is 30.2 Å². The fraction of sp³-hybridized carbons (Fsp3) is 0.409. The van der Waals surface area contributed by atoms with Gasteiger partial charge in [0.1, 0.15) is 0 Å². The highest BCUT2D eigenvalue weighted by molar-refractivity contribution is 6.31. The third-order valence-electron chi connectivity index (χ3n) is 5.28. The summed E-state index contributed by atoms with van der Waals surface area (Å²) in [6.07, 6.45) is -4.95. The molecule has 1 aliphatic rings. The van der Waals surface area contributed by atoms with Gasteiger partial charge in [-0.25, -0.2) is 0 Å². The summed E-state index contributed by atoms with van der Waals surface area (Å²) in [5.41, 5.74) is 2.91. The van der Waals surface area contributed by atoms with E-state index in [9.17, 15) is 18.0 Å². The van der Waals surface area contributed by atoms with Crippen LogP contribution in [-0.4, -0.2) is 63.8 Å². The van der Waals surface area contributed by atoms with Crippen molar-refractivity contribution in [2.75, 3.05) is 61.9 Å². The maximum Gasteiger partial charge on any atom is 0.390 e. The van der Waals surface area contributed by atoms with Crippen molar-refractivity contribution in [1.82, 2.24) is 4.90 Å². The zero-order chi connectivity index (χ0) is 22.6. The van der Waals surface area contributed by atoms with Gasteiger partial charge in [-0.1, -0.05) is 11.6 Å². The molecule has 0 spiro atoms. The largest absolute Gasteiger partial charge is 0.390 e. The molecule has 9 heteroatoms. The average molecular weight is 455 g/mol. The molecule has 1 amide bonds. The average Bonchev–Trinajstić information content (AvgIpc) is 2.73. The molecule has 0 bridgehead atoms. The number of rotatable bonds is 6. The molecule has 0 radical (unpaired) electrons. The Morgan fingerprint density at radius 2 is 1.71 bits per heavy atom. The van der Waals surface area contributed by atoms with E-state index < -0.39 is 12.6 Å². The molecule has 1 fully saturated rings. The van der Waals surface area contributed by atoms with Crippen molar-refractivity contribution in [2.45, 2.75) is 12.6 Å². The number of carbonyl (C=O) groups is 1. The number of hydrogen-bond donors (Lipinski definition) is 1. The molecular formula is C22H26ClF3N4O. The number of carbonyl (C=O) groups excluding carboxylic acids is 1. The lowest BCUT2D eigenvalue weighted by Crippen LogP contribution is -2.47. The minimum atomic E-state index is -4.15. The lowest BCUT2D eigenvalue weighted by molar-refractivity contribution is -0.138. The molecule has 3 rings (SSSR count). The monoisotopic (exact) mass is 454 g/mol. The van der Waals surface area contributed by atoms with Crippen molar-refractivity contribution < 1.29 is 18.0 Å². The second-order valence-corrected chi connectivity index (χ2v) is 8.19. The van der Waals surface area contributed by atoms with Gasteiger partial charge in [0.05, 0.1) is 17.8 Å². The van der Waals surface area contributed by atoms with Crippen LogP contribution in [0.25, 0.3) is 0 Å². The molecule has 2 aromatic carbocycles. The van der Waals surface area contributed by atoms with Crippen molar-refractivity contribution in [3.05, 3.63) is 53.1 Å². The van der Waals surface area contributed by atoms with Crippen LogP contribution in [0.3, 0.4) is 0 Å². The SMILES string of the molecule is CN(C)c1ccc(C(=O)Nc2ccc(Cl)cc2N2CCN(CCC(F)(F)F)CC2)cc1. The smallest absolute Gasteiger partial charge is 0.378 e. The second kappa shape index (κ2) is 9.78. The molecule has 1 saturated heterocycles. The van der Waals surface area contributed by atoms with Gasteiger partial charge in [-0.2, -0.15) is 13.2 Å². The first-order chi connectivity index (χ1) is 14.6. The standard InChI is InChI=1S/C22H26ClF3N4O/c1-28(2)18-6-3-16(4-7-18)21(31)27-19-8-5-17(23)15-20(19)30-13-11-29(12-14-30)10-9-22(24,25)26/h3-8,15H,9-14H2,1-2H3,(H,27,31). The van der Waals surface area contributed by atoms with Crippen molar-refractivity contribution in [1.29, 1.82) is 0 Å². The zero-order valence-corrected chi connectivity index (χ0v) is 18.3. The minimum absolute atomic E-state index is 0.000573. The highest BCUT2D eigenvalue weighted by Gasteiger charge is 2.29. The van der Waals surface area contributed by atoms with E-state index in [-0.39, 0.29) is 12.5 Å². The normalized spacial score (nSPS) is 15.1. The van der Waals surface area contributed by atoms with E-state index in [4.69, 9.17) is 11.6 Å². The van der Waals surface area contributed by atoms with E-state index in [1.165, 1.54) is 0 Å². The fourth-order valence-electron chi connectivity index (χ4n) is 3.47. The van der Waals surface area contributed by atoms with E-state index in [1.54, 1.807) is 35.2 Å². The van der Waals surface area contributed by atoms with Crippen LogP contribution in [0, 0.1) is 0 Å². The maximum absolute atomic E-state index is 12.8. The number of hydrogen-bond acceptors (Lipinski definition) is 4. The fourth-order valence-corrected chi connectivity index (χ4v) is 3.64. The molecular weight excluding hydrogens is 429 g/mol. The number of halogens is 4. The summed E-state index contributed by atoms with van der Waals surface area (Å²) in [6, 6.07) is 12.5. The Morgan fingerprint density at radius 3 is 2.29 bits per heavy atom. The van der Waals surface area contributed by atoms with Crippen LogP contribution >= 0.6 is 11.6 Å². The number of amides is 1. The molecule has 168 valence electrons. The Hall–Kier alpha value is -2.45. The zero-order valence-electron chi connectivity index (χ0n) is 17.5. The van der Waals surface area contributed by atoms with Gasteiger partial charge >= 0.3 is 6.18 Å². The highest BCUT2D eigenvalue weighted by atomic mass is 35.5. The Kier molecular flexibility index (Phi) is 7.33. The third kappa shape index (κ3) is 6.51. The van der Waals surface area contributed by atoms with Crippen molar-refractivity contribution in [2.24, 2.45) is 0 Å². The van der Waals surface area contributed by atoms with Gasteiger partial charge in [-0.3, -0.25) is 9.69 Å². The van der Waals surface area contributed by atoms with Crippen LogP contribution in [0.15, 0.2) is 42.5 Å². The van der Waals surface area contributed by atoms with E-state index in [0.717, 1.165) is 11.4 Å². The topological polar surface area (TPSA) is 38.8 Å². The van der Waals surface area contributed by atoms with E-state index in [0.29, 0.717) is 42.5 Å². The first kappa shape index (κ1) is 23.2. The number of benzene rings is 2.